The highest BCUT2D eigenvalue weighted by Gasteiger charge is 2.04. The monoisotopic (exact) mass is 391 g/mol. The van der Waals surface area contributed by atoms with Gasteiger partial charge in [-0.3, -0.25) is 0 Å². The number of aromatic nitrogens is 4. The maximum absolute atomic E-state index is 3.99. The second kappa shape index (κ2) is 6.21. The molecule has 0 aliphatic heterocycles. The fourth-order valence-electron chi connectivity index (χ4n) is 2.06. The van der Waals surface area contributed by atoms with Crippen molar-refractivity contribution >= 4 is 28.3 Å². The van der Waals surface area contributed by atoms with Gasteiger partial charge in [-0.1, -0.05) is 24.3 Å². The van der Waals surface area contributed by atoms with Crippen molar-refractivity contribution in [3.05, 3.63) is 63.5 Å². The van der Waals surface area contributed by atoms with E-state index in [9.17, 15) is 0 Å². The van der Waals surface area contributed by atoms with E-state index in [-0.39, 0.29) is 0 Å². The van der Waals surface area contributed by atoms with Crippen LogP contribution in [0.3, 0.4) is 0 Å². The first-order valence-corrected chi connectivity index (χ1v) is 7.64. The van der Waals surface area contributed by atoms with Gasteiger partial charge in [-0.2, -0.15) is 4.68 Å². The number of anilines is 1. The lowest BCUT2D eigenvalue weighted by Crippen LogP contribution is -2.03. The van der Waals surface area contributed by atoms with Crippen LogP contribution in [0, 0.1) is 10.5 Å². The van der Waals surface area contributed by atoms with Gasteiger partial charge in [0, 0.05) is 15.8 Å². The summed E-state index contributed by atoms with van der Waals surface area (Å²) in [4.78, 5) is 0. The maximum atomic E-state index is 3.99. The van der Waals surface area contributed by atoms with Crippen molar-refractivity contribution in [3.63, 3.8) is 0 Å². The van der Waals surface area contributed by atoms with Crippen molar-refractivity contribution in [2.45, 2.75) is 13.5 Å². The summed E-state index contributed by atoms with van der Waals surface area (Å²) >= 11 is 2.35. The molecular weight excluding hydrogens is 377 g/mol. The van der Waals surface area contributed by atoms with E-state index in [4.69, 9.17) is 0 Å². The molecule has 2 aromatic carbocycles. The molecule has 1 N–H and O–H groups in total. The number of halogens is 1. The lowest BCUT2D eigenvalue weighted by Gasteiger charge is -2.10. The van der Waals surface area contributed by atoms with Gasteiger partial charge < -0.3 is 5.32 Å². The van der Waals surface area contributed by atoms with Crippen LogP contribution in [0.4, 0.5) is 5.69 Å². The number of hydrogen-bond acceptors (Lipinski definition) is 4. The van der Waals surface area contributed by atoms with E-state index in [0.29, 0.717) is 0 Å². The first kappa shape index (κ1) is 14.0. The van der Waals surface area contributed by atoms with Crippen LogP contribution in [0.15, 0.2) is 48.5 Å². The Bertz CT molecular complexity index is 753. The van der Waals surface area contributed by atoms with Gasteiger partial charge >= 0.3 is 0 Å². The summed E-state index contributed by atoms with van der Waals surface area (Å²) in [5.41, 5.74) is 3.27. The van der Waals surface area contributed by atoms with Crippen molar-refractivity contribution < 1.29 is 0 Å². The van der Waals surface area contributed by atoms with Gasteiger partial charge in [0.15, 0.2) is 5.82 Å². The third-order valence-electron chi connectivity index (χ3n) is 3.16. The van der Waals surface area contributed by atoms with E-state index in [1.54, 1.807) is 4.68 Å². The third kappa shape index (κ3) is 3.21. The summed E-state index contributed by atoms with van der Waals surface area (Å²) in [5.74, 6) is 0.768. The van der Waals surface area contributed by atoms with E-state index in [0.717, 1.165) is 23.7 Å². The molecule has 21 heavy (non-hydrogen) atoms. The minimum atomic E-state index is 0.768. The lowest BCUT2D eigenvalue weighted by molar-refractivity contribution is 0.779. The lowest BCUT2D eigenvalue weighted by atomic mass is 10.2. The normalized spacial score (nSPS) is 10.6. The molecule has 0 unspecified atom stereocenters. The Morgan fingerprint density at radius 2 is 2.00 bits per heavy atom. The highest BCUT2D eigenvalue weighted by molar-refractivity contribution is 14.1. The van der Waals surface area contributed by atoms with E-state index in [1.807, 2.05) is 37.3 Å². The topological polar surface area (TPSA) is 55.6 Å². The van der Waals surface area contributed by atoms with Crippen LogP contribution in [0.2, 0.25) is 0 Å². The van der Waals surface area contributed by atoms with Crippen molar-refractivity contribution in [1.29, 1.82) is 0 Å². The molecule has 0 fully saturated rings. The maximum Gasteiger partial charge on any atom is 0.153 e. The molecule has 6 heteroatoms. The number of nitrogens with one attached hydrogen (secondary N) is 1. The fourth-order valence-corrected chi connectivity index (χ4v) is 2.64. The molecule has 3 rings (SSSR count). The minimum absolute atomic E-state index is 0.768. The number of aryl methyl sites for hydroxylation is 1. The quantitative estimate of drug-likeness (QED) is 0.695. The summed E-state index contributed by atoms with van der Waals surface area (Å²) in [6, 6.07) is 16.4. The third-order valence-corrected chi connectivity index (χ3v) is 4.21. The van der Waals surface area contributed by atoms with Crippen molar-refractivity contribution in [2.75, 3.05) is 5.32 Å². The highest BCUT2D eigenvalue weighted by atomic mass is 127. The SMILES string of the molecule is Cc1nnnn1-c1cccc(NCc2ccccc2I)c1. The molecule has 1 aromatic heterocycles. The Morgan fingerprint density at radius 3 is 2.76 bits per heavy atom. The second-order valence-corrected chi connectivity index (χ2v) is 5.80. The molecule has 5 nitrogen and oxygen atoms in total. The Hall–Kier alpha value is -1.96. The van der Waals surface area contributed by atoms with Gasteiger partial charge in [0.25, 0.3) is 0 Å². The van der Waals surface area contributed by atoms with Gasteiger partial charge in [-0.25, -0.2) is 0 Å². The van der Waals surface area contributed by atoms with Crippen LogP contribution < -0.4 is 5.32 Å². The molecule has 0 amide bonds. The van der Waals surface area contributed by atoms with Crippen molar-refractivity contribution in [2.24, 2.45) is 0 Å². The molecular formula is C15H14IN5. The average molecular weight is 391 g/mol. The van der Waals surface area contributed by atoms with Crippen molar-refractivity contribution in [3.8, 4) is 5.69 Å². The summed E-state index contributed by atoms with van der Waals surface area (Å²) in [6.45, 7) is 2.67. The number of tetrazole rings is 1. The van der Waals surface area contributed by atoms with Crippen molar-refractivity contribution in [1.82, 2.24) is 20.2 Å². The molecule has 1 heterocycles. The zero-order chi connectivity index (χ0) is 14.7. The molecule has 0 saturated heterocycles. The zero-order valence-corrected chi connectivity index (χ0v) is 13.7. The van der Waals surface area contributed by atoms with E-state index < -0.39 is 0 Å². The summed E-state index contributed by atoms with van der Waals surface area (Å²) in [7, 11) is 0. The van der Waals surface area contributed by atoms with Gasteiger partial charge in [0.2, 0.25) is 0 Å². The zero-order valence-electron chi connectivity index (χ0n) is 11.5. The molecule has 0 atom stereocenters. The predicted octanol–water partition coefficient (Wildman–Crippen LogP) is 3.19. The first-order chi connectivity index (χ1) is 10.2. The Labute approximate surface area is 136 Å². The summed E-state index contributed by atoms with van der Waals surface area (Å²) < 4.78 is 2.98. The Morgan fingerprint density at radius 1 is 1.14 bits per heavy atom. The van der Waals surface area contributed by atoms with E-state index >= 15 is 0 Å². The molecule has 0 bridgehead atoms. The number of nitrogens with zero attached hydrogens (tertiary/aromatic N) is 4. The van der Waals surface area contributed by atoms with Crippen LogP contribution in [-0.4, -0.2) is 20.2 Å². The Kier molecular flexibility index (Phi) is 4.14. The van der Waals surface area contributed by atoms with Gasteiger partial charge in [0.1, 0.15) is 0 Å². The predicted molar refractivity (Wildman–Crippen MR) is 90.4 cm³/mol. The standard InChI is InChI=1S/C15H14IN5/c1-11-18-19-20-21(11)14-7-4-6-13(9-14)17-10-12-5-2-3-8-15(12)16/h2-9,17H,10H2,1H3. The molecule has 0 spiro atoms. The number of hydrogen-bond donors (Lipinski definition) is 1. The van der Waals surface area contributed by atoms with E-state index in [1.165, 1.54) is 9.13 Å². The number of rotatable bonds is 4. The molecule has 0 radical (unpaired) electrons. The summed E-state index contributed by atoms with van der Waals surface area (Å²) in [6.07, 6.45) is 0. The minimum Gasteiger partial charge on any atom is -0.381 e. The van der Waals surface area contributed by atoms with Crippen LogP contribution >= 0.6 is 22.6 Å². The second-order valence-electron chi connectivity index (χ2n) is 4.63. The summed E-state index contributed by atoms with van der Waals surface area (Å²) in [5, 5.41) is 15.0. The number of benzene rings is 2. The molecule has 0 saturated carbocycles. The van der Waals surface area contributed by atoms with Gasteiger partial charge in [-0.05, 0) is 69.8 Å². The largest absolute Gasteiger partial charge is 0.381 e. The fraction of sp³-hybridized carbons (Fsp3) is 0.133. The molecule has 0 aliphatic rings. The first-order valence-electron chi connectivity index (χ1n) is 6.57. The van der Waals surface area contributed by atoms with Crippen LogP contribution in [0.5, 0.6) is 0 Å². The molecule has 3 aromatic rings. The highest BCUT2D eigenvalue weighted by Crippen LogP contribution is 2.17. The van der Waals surface area contributed by atoms with Gasteiger partial charge in [0.05, 0.1) is 5.69 Å². The van der Waals surface area contributed by atoms with Crippen LogP contribution in [-0.2, 0) is 6.54 Å². The van der Waals surface area contributed by atoms with Crippen LogP contribution in [0.1, 0.15) is 11.4 Å². The molecule has 106 valence electrons. The Balaban J connectivity index is 1.78. The molecule has 0 aliphatic carbocycles. The van der Waals surface area contributed by atoms with Gasteiger partial charge in [-0.15, -0.1) is 5.10 Å². The smallest absolute Gasteiger partial charge is 0.153 e. The van der Waals surface area contributed by atoms with Crippen LogP contribution in [0.25, 0.3) is 5.69 Å². The average Bonchev–Trinajstić information content (AvgIpc) is 2.93. The van der Waals surface area contributed by atoms with E-state index in [2.05, 4.69) is 61.6 Å².